The third kappa shape index (κ3) is 4.60. The van der Waals surface area contributed by atoms with Crippen molar-refractivity contribution >= 4 is 17.7 Å². The second-order valence-electron chi connectivity index (χ2n) is 8.91. The third-order valence-electron chi connectivity index (χ3n) is 6.54. The molecule has 2 heterocycles. The highest BCUT2D eigenvalue weighted by molar-refractivity contribution is 6.12. The molecule has 0 spiro atoms. The summed E-state index contributed by atoms with van der Waals surface area (Å²) in [5.74, 6) is -1.74. The summed E-state index contributed by atoms with van der Waals surface area (Å²) in [4.78, 5) is 39.5. The molecule has 0 radical (unpaired) electrons. The summed E-state index contributed by atoms with van der Waals surface area (Å²) in [6.07, 6.45) is 0.461. The highest BCUT2D eigenvalue weighted by Gasteiger charge is 2.48. The predicted octanol–water partition coefficient (Wildman–Crippen LogP) is 3.95. The Hall–Kier alpha value is -3.81. The topological polar surface area (TPSA) is 104 Å². The highest BCUT2D eigenvalue weighted by atomic mass is 16.5. The minimum absolute atomic E-state index is 0.0468. The van der Waals surface area contributed by atoms with Crippen molar-refractivity contribution in [2.45, 2.75) is 39.7 Å². The van der Waals surface area contributed by atoms with Crippen LogP contribution in [0.15, 0.2) is 63.4 Å². The molecule has 2 aromatic rings. The number of ketones is 1. The molecule has 35 heavy (non-hydrogen) atoms. The van der Waals surface area contributed by atoms with Crippen molar-refractivity contribution in [1.29, 1.82) is 0 Å². The van der Waals surface area contributed by atoms with E-state index in [-0.39, 0.29) is 23.9 Å². The number of carbonyl (C=O) groups is 3. The summed E-state index contributed by atoms with van der Waals surface area (Å²) in [6.45, 7) is 5.46. The Balaban J connectivity index is 1.69. The van der Waals surface area contributed by atoms with E-state index in [4.69, 9.17) is 18.6 Å². The number of carbonyl (C=O) groups excluding carboxylic acids is 3. The summed E-state index contributed by atoms with van der Waals surface area (Å²) in [7, 11) is 2.85. The Morgan fingerprint density at radius 1 is 1.09 bits per heavy atom. The second-order valence-corrected chi connectivity index (χ2v) is 8.91. The van der Waals surface area contributed by atoms with Gasteiger partial charge in [0.05, 0.1) is 25.7 Å². The Labute approximate surface area is 203 Å². The number of rotatable bonds is 6. The largest absolute Gasteiger partial charge is 0.497 e. The van der Waals surface area contributed by atoms with Gasteiger partial charge in [0, 0.05) is 17.0 Å². The monoisotopic (exact) mass is 479 g/mol. The first-order valence-corrected chi connectivity index (χ1v) is 11.4. The van der Waals surface area contributed by atoms with Crippen LogP contribution < -0.4 is 10.1 Å². The first kappa shape index (κ1) is 24.3. The van der Waals surface area contributed by atoms with Gasteiger partial charge in [0.1, 0.15) is 29.8 Å². The predicted molar refractivity (Wildman–Crippen MR) is 126 cm³/mol. The van der Waals surface area contributed by atoms with Crippen LogP contribution >= 0.6 is 0 Å². The molecule has 1 aromatic heterocycles. The maximum absolute atomic E-state index is 13.6. The molecule has 4 rings (SSSR count). The number of nitrogens with one attached hydrogen (secondary N) is 1. The molecule has 8 heteroatoms. The van der Waals surface area contributed by atoms with E-state index in [0.29, 0.717) is 40.7 Å². The standard InChI is InChI=1S/C27H29NO7/c1-14-12-19-23(25(29)21(14)26(30)33-5)24(20-11-6-15(2)35-20)22(16(3)28-19)27(31)34-13-17-7-9-18(32-4)10-8-17/h6-11,14,21,24,28H,12-13H2,1-5H3/t14-,21+,24-/m1/s1. The number of aryl methyl sites for hydroxylation is 1. The summed E-state index contributed by atoms with van der Waals surface area (Å²) < 4.78 is 21.6. The quantitative estimate of drug-likeness (QED) is 0.491. The van der Waals surface area contributed by atoms with Gasteiger partial charge in [0.2, 0.25) is 0 Å². The average Bonchev–Trinajstić information content (AvgIpc) is 3.27. The minimum atomic E-state index is -0.950. The molecule has 0 saturated carbocycles. The molecule has 0 saturated heterocycles. The lowest BCUT2D eigenvalue weighted by atomic mass is 9.70. The molecule has 0 bridgehead atoms. The van der Waals surface area contributed by atoms with Crippen molar-refractivity contribution in [3.8, 4) is 5.75 Å². The molecular formula is C27H29NO7. The normalized spacial score (nSPS) is 21.9. The number of hydrogen-bond acceptors (Lipinski definition) is 8. The van der Waals surface area contributed by atoms with Crippen molar-refractivity contribution in [1.82, 2.24) is 5.32 Å². The Kier molecular flexibility index (Phi) is 6.82. The van der Waals surface area contributed by atoms with Gasteiger partial charge in [-0.25, -0.2) is 4.79 Å². The number of methoxy groups -OCH3 is 2. The molecule has 8 nitrogen and oxygen atoms in total. The van der Waals surface area contributed by atoms with Crippen molar-refractivity contribution in [2.24, 2.45) is 11.8 Å². The van der Waals surface area contributed by atoms with Crippen LogP contribution in [0, 0.1) is 18.8 Å². The van der Waals surface area contributed by atoms with E-state index in [1.54, 1.807) is 45.2 Å². The van der Waals surface area contributed by atoms with Crippen LogP contribution in [-0.4, -0.2) is 31.9 Å². The number of Topliss-reactive ketones (excluding diaryl/α,β-unsaturated/α-hetero) is 1. The minimum Gasteiger partial charge on any atom is -0.497 e. The summed E-state index contributed by atoms with van der Waals surface area (Å²) in [5, 5.41) is 3.23. The molecule has 0 fully saturated rings. The molecular weight excluding hydrogens is 450 g/mol. The lowest BCUT2D eigenvalue weighted by molar-refractivity contribution is -0.151. The average molecular weight is 480 g/mol. The second kappa shape index (κ2) is 9.82. The van der Waals surface area contributed by atoms with Crippen LogP contribution in [0.25, 0.3) is 0 Å². The molecule has 3 atom stereocenters. The van der Waals surface area contributed by atoms with Crippen LogP contribution in [0.3, 0.4) is 0 Å². The van der Waals surface area contributed by atoms with Gasteiger partial charge < -0.3 is 23.9 Å². The number of hydrogen-bond donors (Lipinski definition) is 1. The van der Waals surface area contributed by atoms with Gasteiger partial charge >= 0.3 is 11.9 Å². The Morgan fingerprint density at radius 3 is 2.40 bits per heavy atom. The van der Waals surface area contributed by atoms with Gasteiger partial charge in [-0.05, 0) is 56.0 Å². The van der Waals surface area contributed by atoms with Gasteiger partial charge in [-0.15, -0.1) is 0 Å². The fourth-order valence-corrected chi connectivity index (χ4v) is 4.79. The molecule has 2 aliphatic rings. The van der Waals surface area contributed by atoms with Gasteiger partial charge in [-0.1, -0.05) is 19.1 Å². The fourth-order valence-electron chi connectivity index (χ4n) is 4.79. The molecule has 1 aliphatic heterocycles. The van der Waals surface area contributed by atoms with Gasteiger partial charge in [0.15, 0.2) is 5.78 Å². The maximum atomic E-state index is 13.6. The fraction of sp³-hybridized carbons (Fsp3) is 0.370. The molecule has 0 amide bonds. The first-order chi connectivity index (χ1) is 16.7. The van der Waals surface area contributed by atoms with Gasteiger partial charge in [-0.2, -0.15) is 0 Å². The highest BCUT2D eigenvalue weighted by Crippen LogP contribution is 2.45. The number of benzene rings is 1. The van der Waals surface area contributed by atoms with Crippen LogP contribution in [-0.2, 0) is 30.5 Å². The molecule has 1 aliphatic carbocycles. The third-order valence-corrected chi connectivity index (χ3v) is 6.54. The van der Waals surface area contributed by atoms with Crippen molar-refractivity contribution < 1.29 is 33.0 Å². The lowest BCUT2D eigenvalue weighted by Gasteiger charge is -2.37. The molecule has 184 valence electrons. The van der Waals surface area contributed by atoms with Crippen LogP contribution in [0.1, 0.15) is 43.3 Å². The van der Waals surface area contributed by atoms with E-state index < -0.39 is 23.8 Å². The summed E-state index contributed by atoms with van der Waals surface area (Å²) >= 11 is 0. The zero-order valence-corrected chi connectivity index (χ0v) is 20.5. The van der Waals surface area contributed by atoms with Gasteiger partial charge in [-0.3, -0.25) is 9.59 Å². The van der Waals surface area contributed by atoms with E-state index in [1.807, 2.05) is 19.1 Å². The molecule has 1 aromatic carbocycles. The number of allylic oxidation sites excluding steroid dienone is 3. The molecule has 0 unspecified atom stereocenters. The zero-order valence-electron chi connectivity index (χ0n) is 20.5. The van der Waals surface area contributed by atoms with E-state index in [0.717, 1.165) is 5.56 Å². The number of furan rings is 1. The van der Waals surface area contributed by atoms with E-state index >= 15 is 0 Å². The van der Waals surface area contributed by atoms with Crippen LogP contribution in [0.2, 0.25) is 0 Å². The zero-order chi connectivity index (χ0) is 25.3. The van der Waals surface area contributed by atoms with Gasteiger partial charge in [0.25, 0.3) is 0 Å². The smallest absolute Gasteiger partial charge is 0.337 e. The SMILES string of the molecule is COC(=O)[C@@H]1C(=O)C2=C(C[C@H]1C)NC(C)=C(C(=O)OCc1ccc(OC)cc1)[C@H]2c1ccc(C)o1. The molecule has 1 N–H and O–H groups in total. The number of ether oxygens (including phenoxy) is 3. The van der Waals surface area contributed by atoms with Crippen molar-refractivity contribution in [3.63, 3.8) is 0 Å². The van der Waals surface area contributed by atoms with Crippen LogP contribution in [0.5, 0.6) is 5.75 Å². The van der Waals surface area contributed by atoms with E-state index in [1.165, 1.54) is 7.11 Å². The number of dihydropyridines is 1. The lowest BCUT2D eigenvalue weighted by Crippen LogP contribution is -2.43. The van der Waals surface area contributed by atoms with E-state index in [9.17, 15) is 14.4 Å². The Morgan fingerprint density at radius 2 is 1.80 bits per heavy atom. The first-order valence-electron chi connectivity index (χ1n) is 11.4. The Bertz CT molecular complexity index is 1220. The van der Waals surface area contributed by atoms with E-state index in [2.05, 4.69) is 5.32 Å². The number of esters is 2. The summed E-state index contributed by atoms with van der Waals surface area (Å²) in [5.41, 5.74) is 2.68. The van der Waals surface area contributed by atoms with Crippen molar-refractivity contribution in [3.05, 3.63) is 76.0 Å². The van der Waals surface area contributed by atoms with Crippen LogP contribution in [0.4, 0.5) is 0 Å². The maximum Gasteiger partial charge on any atom is 0.337 e. The van der Waals surface area contributed by atoms with Crippen molar-refractivity contribution in [2.75, 3.05) is 14.2 Å². The summed E-state index contributed by atoms with van der Waals surface area (Å²) in [6, 6.07) is 10.7.